The Morgan fingerprint density at radius 1 is 0.935 bits per heavy atom. The van der Waals surface area contributed by atoms with E-state index in [-0.39, 0.29) is 11.9 Å². The van der Waals surface area contributed by atoms with E-state index >= 15 is 0 Å². The molecular formula is C25H35N3O3. The van der Waals surface area contributed by atoms with Gasteiger partial charge in [0.1, 0.15) is 5.60 Å². The molecule has 1 unspecified atom stereocenters. The van der Waals surface area contributed by atoms with Gasteiger partial charge in [0.2, 0.25) is 0 Å². The van der Waals surface area contributed by atoms with Gasteiger partial charge < -0.3 is 20.3 Å². The smallest absolute Gasteiger partial charge is 0.407 e. The van der Waals surface area contributed by atoms with Crippen molar-refractivity contribution in [3.05, 3.63) is 70.8 Å². The Bertz CT molecular complexity index is 853. The summed E-state index contributed by atoms with van der Waals surface area (Å²) in [6.07, 6.45) is 0.545. The highest BCUT2D eigenvalue weighted by molar-refractivity contribution is 5.94. The van der Waals surface area contributed by atoms with Crippen LogP contribution in [0.3, 0.4) is 0 Å². The zero-order chi connectivity index (χ0) is 23.0. The summed E-state index contributed by atoms with van der Waals surface area (Å²) in [7, 11) is 4.02. The number of nitrogens with zero attached hydrogens (tertiary/aromatic N) is 1. The highest BCUT2D eigenvalue weighted by atomic mass is 16.6. The van der Waals surface area contributed by atoms with Gasteiger partial charge >= 0.3 is 6.09 Å². The molecule has 0 aromatic heterocycles. The average Bonchev–Trinajstić information content (AvgIpc) is 2.71. The summed E-state index contributed by atoms with van der Waals surface area (Å²) < 4.78 is 5.23. The highest BCUT2D eigenvalue weighted by Crippen LogP contribution is 2.18. The van der Waals surface area contributed by atoms with Gasteiger partial charge in [-0.3, -0.25) is 4.79 Å². The van der Waals surface area contributed by atoms with E-state index in [1.807, 2.05) is 47.0 Å². The molecule has 0 spiro atoms. The van der Waals surface area contributed by atoms with Crippen molar-refractivity contribution in [1.82, 2.24) is 15.5 Å². The maximum Gasteiger partial charge on any atom is 0.407 e. The summed E-state index contributed by atoms with van der Waals surface area (Å²) >= 11 is 0. The number of carbonyl (C=O) groups excluding carboxylic acids is 2. The molecular weight excluding hydrogens is 390 g/mol. The summed E-state index contributed by atoms with van der Waals surface area (Å²) in [6.45, 7) is 8.45. The fourth-order valence-electron chi connectivity index (χ4n) is 3.13. The SMILES string of the molecule is CCc1ccc(C(CNC(=O)c2ccc(CNC(=O)OC(C)(C)C)cc2)N(C)C)cc1. The standard InChI is InChI=1S/C25H35N3O3/c1-7-18-8-12-20(13-9-18)22(28(5)6)17-26-23(29)21-14-10-19(11-15-21)16-27-24(30)31-25(2,3)4/h8-15,22H,7,16-17H2,1-6H3,(H,26,29)(H,27,30). The van der Waals surface area contributed by atoms with Crippen molar-refractivity contribution in [1.29, 1.82) is 0 Å². The fourth-order valence-corrected chi connectivity index (χ4v) is 3.13. The Morgan fingerprint density at radius 2 is 1.52 bits per heavy atom. The lowest BCUT2D eigenvalue weighted by Crippen LogP contribution is -2.34. The van der Waals surface area contributed by atoms with Crippen LogP contribution in [-0.4, -0.2) is 43.1 Å². The summed E-state index contributed by atoms with van der Waals surface area (Å²) in [5.74, 6) is -0.122. The summed E-state index contributed by atoms with van der Waals surface area (Å²) in [4.78, 5) is 26.5. The van der Waals surface area contributed by atoms with E-state index in [0.29, 0.717) is 18.7 Å². The molecule has 0 aliphatic heterocycles. The Balaban J connectivity index is 1.91. The number of nitrogens with one attached hydrogen (secondary N) is 2. The second kappa shape index (κ2) is 11.0. The predicted octanol–water partition coefficient (Wildman–Crippen LogP) is 4.31. The van der Waals surface area contributed by atoms with E-state index in [1.54, 1.807) is 12.1 Å². The number of likely N-dealkylation sites (N-methyl/N-ethyl adjacent to an activating group) is 1. The van der Waals surface area contributed by atoms with E-state index in [4.69, 9.17) is 4.74 Å². The largest absolute Gasteiger partial charge is 0.444 e. The van der Waals surface area contributed by atoms with Crippen LogP contribution in [-0.2, 0) is 17.7 Å². The molecule has 168 valence electrons. The Morgan fingerprint density at radius 3 is 2.03 bits per heavy atom. The van der Waals surface area contributed by atoms with Gasteiger partial charge in [-0.15, -0.1) is 0 Å². The molecule has 31 heavy (non-hydrogen) atoms. The van der Waals surface area contributed by atoms with Gasteiger partial charge in [-0.05, 0) is 70.1 Å². The number of benzene rings is 2. The number of rotatable bonds is 8. The minimum absolute atomic E-state index is 0.0900. The van der Waals surface area contributed by atoms with Crippen LogP contribution in [0, 0.1) is 0 Å². The quantitative estimate of drug-likeness (QED) is 0.661. The number of carbonyl (C=O) groups is 2. The van der Waals surface area contributed by atoms with Crippen LogP contribution >= 0.6 is 0 Å². The second-order valence-electron chi connectivity index (χ2n) is 8.84. The van der Waals surface area contributed by atoms with Gasteiger partial charge in [-0.1, -0.05) is 43.3 Å². The molecule has 2 aromatic carbocycles. The first-order chi connectivity index (χ1) is 14.6. The summed E-state index contributed by atoms with van der Waals surface area (Å²) in [5.41, 5.74) is 3.41. The third-order valence-electron chi connectivity index (χ3n) is 4.90. The Hall–Kier alpha value is -2.86. The third kappa shape index (κ3) is 8.06. The molecule has 2 rings (SSSR count). The van der Waals surface area contributed by atoms with Gasteiger partial charge in [-0.25, -0.2) is 4.79 Å². The summed E-state index contributed by atoms with van der Waals surface area (Å²) in [6, 6.07) is 15.8. The zero-order valence-corrected chi connectivity index (χ0v) is 19.5. The first kappa shape index (κ1) is 24.4. The van der Waals surface area contributed by atoms with E-state index < -0.39 is 11.7 Å². The lowest BCUT2D eigenvalue weighted by molar-refractivity contribution is 0.0523. The molecule has 0 fully saturated rings. The van der Waals surface area contributed by atoms with Gasteiger partial charge in [0, 0.05) is 18.7 Å². The van der Waals surface area contributed by atoms with E-state index in [2.05, 4.69) is 46.7 Å². The van der Waals surface area contributed by atoms with Crippen molar-refractivity contribution in [3.8, 4) is 0 Å². The van der Waals surface area contributed by atoms with Crippen molar-refractivity contribution < 1.29 is 14.3 Å². The summed E-state index contributed by atoms with van der Waals surface area (Å²) in [5, 5.41) is 5.75. The molecule has 0 bridgehead atoms. The van der Waals surface area contributed by atoms with E-state index in [1.165, 1.54) is 11.1 Å². The Labute approximate surface area is 186 Å². The molecule has 1 atom stereocenters. The molecule has 2 amide bonds. The zero-order valence-electron chi connectivity index (χ0n) is 19.5. The first-order valence-corrected chi connectivity index (χ1v) is 10.7. The fraction of sp³-hybridized carbons (Fsp3) is 0.440. The number of amides is 2. The van der Waals surface area contributed by atoms with Crippen LogP contribution in [0.2, 0.25) is 0 Å². The second-order valence-corrected chi connectivity index (χ2v) is 8.84. The number of aryl methyl sites for hydroxylation is 1. The molecule has 6 nitrogen and oxygen atoms in total. The third-order valence-corrected chi connectivity index (χ3v) is 4.90. The molecule has 0 saturated heterocycles. The number of hydrogen-bond acceptors (Lipinski definition) is 4. The first-order valence-electron chi connectivity index (χ1n) is 10.7. The normalized spacial score (nSPS) is 12.4. The lowest BCUT2D eigenvalue weighted by atomic mass is 10.0. The van der Waals surface area contributed by atoms with E-state index in [0.717, 1.165) is 12.0 Å². The predicted molar refractivity (Wildman–Crippen MR) is 124 cm³/mol. The number of alkyl carbamates (subject to hydrolysis) is 1. The van der Waals surface area contributed by atoms with Crippen molar-refractivity contribution in [2.24, 2.45) is 0 Å². The minimum Gasteiger partial charge on any atom is -0.444 e. The van der Waals surface area contributed by atoms with Crippen molar-refractivity contribution >= 4 is 12.0 Å². The van der Waals surface area contributed by atoms with Crippen LogP contribution in [0.5, 0.6) is 0 Å². The van der Waals surface area contributed by atoms with Gasteiger partial charge in [0.25, 0.3) is 5.91 Å². The Kier molecular flexibility index (Phi) is 8.63. The average molecular weight is 426 g/mol. The molecule has 0 radical (unpaired) electrons. The molecule has 0 heterocycles. The van der Waals surface area contributed by atoms with Crippen molar-refractivity contribution in [2.75, 3.05) is 20.6 Å². The van der Waals surface area contributed by atoms with Crippen LogP contribution in [0.25, 0.3) is 0 Å². The highest BCUT2D eigenvalue weighted by Gasteiger charge is 2.17. The molecule has 6 heteroatoms. The van der Waals surface area contributed by atoms with Crippen molar-refractivity contribution in [2.45, 2.75) is 52.3 Å². The number of ether oxygens (including phenoxy) is 1. The lowest BCUT2D eigenvalue weighted by Gasteiger charge is -2.25. The molecule has 2 aromatic rings. The van der Waals surface area contributed by atoms with Crippen molar-refractivity contribution in [3.63, 3.8) is 0 Å². The molecule has 0 aliphatic carbocycles. The number of hydrogen-bond donors (Lipinski definition) is 2. The molecule has 0 saturated carbocycles. The molecule has 2 N–H and O–H groups in total. The molecule has 0 aliphatic rings. The van der Waals surface area contributed by atoms with Crippen LogP contribution in [0.1, 0.15) is 60.8 Å². The van der Waals surface area contributed by atoms with Crippen LogP contribution in [0.15, 0.2) is 48.5 Å². The van der Waals surface area contributed by atoms with Gasteiger partial charge in [-0.2, -0.15) is 0 Å². The van der Waals surface area contributed by atoms with Gasteiger partial charge in [0.05, 0.1) is 6.04 Å². The van der Waals surface area contributed by atoms with E-state index in [9.17, 15) is 9.59 Å². The topological polar surface area (TPSA) is 70.7 Å². The van der Waals surface area contributed by atoms with Gasteiger partial charge in [0.15, 0.2) is 0 Å². The monoisotopic (exact) mass is 425 g/mol. The maximum atomic E-state index is 12.6. The van der Waals surface area contributed by atoms with Crippen LogP contribution in [0.4, 0.5) is 4.79 Å². The maximum absolute atomic E-state index is 12.6. The van der Waals surface area contributed by atoms with Crippen LogP contribution < -0.4 is 10.6 Å². The minimum atomic E-state index is -0.533.